The first-order valence-corrected chi connectivity index (χ1v) is 10.2. The molecule has 1 aromatic carbocycles. The van der Waals surface area contributed by atoms with Crippen molar-refractivity contribution < 1.29 is 14.3 Å². The van der Waals surface area contributed by atoms with E-state index in [0.717, 1.165) is 48.2 Å². The normalized spacial score (nSPS) is 18.1. The van der Waals surface area contributed by atoms with Crippen LogP contribution in [0.3, 0.4) is 0 Å². The summed E-state index contributed by atoms with van der Waals surface area (Å²) in [5, 5.41) is 1.07. The minimum atomic E-state index is -0.451. The molecule has 5 nitrogen and oxygen atoms in total. The Balaban J connectivity index is 1.50. The summed E-state index contributed by atoms with van der Waals surface area (Å²) < 4.78 is 17.0. The number of carbonyl (C=O) groups is 1. The van der Waals surface area contributed by atoms with Gasteiger partial charge in [-0.15, -0.1) is 0 Å². The topological polar surface area (TPSA) is 51.7 Å². The third kappa shape index (κ3) is 4.87. The highest BCUT2D eigenvalue weighted by atomic mass is 32.1. The molecule has 1 fully saturated rings. The molecule has 2 aromatic rings. The molecule has 1 saturated heterocycles. The molecule has 1 aromatic heterocycles. The number of rotatable bonds is 5. The predicted octanol–water partition coefficient (Wildman–Crippen LogP) is 5.24. The third-order valence-electron chi connectivity index (χ3n) is 4.52. The van der Waals surface area contributed by atoms with E-state index in [0.29, 0.717) is 6.61 Å². The average molecular weight is 377 g/mol. The number of hydrogen-bond donors (Lipinski definition) is 0. The highest BCUT2D eigenvalue weighted by Gasteiger charge is 2.30. The highest BCUT2D eigenvalue weighted by molar-refractivity contribution is 7.13. The van der Waals surface area contributed by atoms with Crippen LogP contribution in [-0.2, 0) is 4.74 Å². The lowest BCUT2D eigenvalue weighted by molar-refractivity contribution is 0.00823. The van der Waals surface area contributed by atoms with Gasteiger partial charge in [0.05, 0.1) is 16.7 Å². The summed E-state index contributed by atoms with van der Waals surface area (Å²) >= 11 is 1.47. The maximum Gasteiger partial charge on any atom is 0.410 e. The molecular formula is C20H28N2O3S. The van der Waals surface area contributed by atoms with E-state index in [2.05, 4.69) is 10.4 Å². The summed E-state index contributed by atoms with van der Waals surface area (Å²) in [6.07, 6.45) is 4.91. The monoisotopic (exact) mass is 376 g/mol. The molecule has 0 aliphatic carbocycles. The first kappa shape index (κ1) is 19.0. The Bertz CT molecular complexity index is 738. The first-order valence-electron chi connectivity index (χ1n) is 9.41. The van der Waals surface area contributed by atoms with Gasteiger partial charge in [-0.05, 0) is 76.5 Å². The molecule has 0 saturated carbocycles. The Hall–Kier alpha value is -1.82. The Morgan fingerprint density at radius 3 is 2.92 bits per heavy atom. The number of aromatic nitrogens is 1. The molecule has 0 bridgehead atoms. The van der Waals surface area contributed by atoms with Gasteiger partial charge in [-0.2, -0.15) is 4.37 Å². The molecule has 0 unspecified atom stereocenters. The molecule has 1 atom stereocenters. The number of ether oxygens (including phenoxy) is 2. The van der Waals surface area contributed by atoms with Crippen LogP contribution >= 0.6 is 11.5 Å². The van der Waals surface area contributed by atoms with Crippen LogP contribution in [0.1, 0.15) is 52.9 Å². The van der Waals surface area contributed by atoms with Crippen molar-refractivity contribution in [3.63, 3.8) is 0 Å². The first-order chi connectivity index (χ1) is 12.4. The molecule has 0 N–H and O–H groups in total. The predicted molar refractivity (Wildman–Crippen MR) is 105 cm³/mol. The SMILES string of the molecule is CC(C)(C)OC(=O)N1CCCC[C@@H]1CCCOc1nsc2ccccc12. The van der Waals surface area contributed by atoms with Crippen LogP contribution in [0.25, 0.3) is 10.1 Å². The van der Waals surface area contributed by atoms with Gasteiger partial charge in [-0.1, -0.05) is 12.1 Å². The number of fused-ring (bicyclic) bond motifs is 1. The van der Waals surface area contributed by atoms with Gasteiger partial charge < -0.3 is 14.4 Å². The summed E-state index contributed by atoms with van der Waals surface area (Å²) in [4.78, 5) is 14.4. The molecule has 3 rings (SSSR count). The number of hydrogen-bond acceptors (Lipinski definition) is 5. The highest BCUT2D eigenvalue weighted by Crippen LogP contribution is 2.28. The van der Waals surface area contributed by atoms with E-state index < -0.39 is 5.60 Å². The van der Waals surface area contributed by atoms with E-state index in [-0.39, 0.29) is 12.1 Å². The van der Waals surface area contributed by atoms with Gasteiger partial charge in [0.25, 0.3) is 0 Å². The third-order valence-corrected chi connectivity index (χ3v) is 5.33. The second kappa shape index (κ2) is 8.25. The quantitative estimate of drug-likeness (QED) is 0.669. The van der Waals surface area contributed by atoms with Gasteiger partial charge in [-0.25, -0.2) is 4.79 Å². The Morgan fingerprint density at radius 1 is 1.31 bits per heavy atom. The number of carbonyl (C=O) groups excluding carboxylic acids is 1. The van der Waals surface area contributed by atoms with Crippen molar-refractivity contribution in [1.82, 2.24) is 9.27 Å². The van der Waals surface area contributed by atoms with Gasteiger partial charge in [-0.3, -0.25) is 0 Å². The average Bonchev–Trinajstić information content (AvgIpc) is 3.01. The van der Waals surface area contributed by atoms with Gasteiger partial charge in [0.1, 0.15) is 5.60 Å². The van der Waals surface area contributed by atoms with E-state index in [1.165, 1.54) is 18.0 Å². The lowest BCUT2D eigenvalue weighted by Crippen LogP contribution is -2.46. The number of amides is 1. The second-order valence-corrected chi connectivity index (χ2v) is 8.60. The van der Waals surface area contributed by atoms with Crippen LogP contribution in [0.15, 0.2) is 24.3 Å². The van der Waals surface area contributed by atoms with Gasteiger partial charge in [0.2, 0.25) is 5.88 Å². The van der Waals surface area contributed by atoms with Gasteiger partial charge >= 0.3 is 6.09 Å². The van der Waals surface area contributed by atoms with Crippen molar-refractivity contribution in [2.24, 2.45) is 0 Å². The molecule has 1 aliphatic rings. The molecule has 6 heteroatoms. The van der Waals surface area contributed by atoms with Crippen molar-refractivity contribution in [2.75, 3.05) is 13.2 Å². The smallest absolute Gasteiger partial charge is 0.410 e. The molecule has 26 heavy (non-hydrogen) atoms. The van der Waals surface area contributed by atoms with Crippen LogP contribution in [0.5, 0.6) is 5.88 Å². The van der Waals surface area contributed by atoms with Crippen LogP contribution in [0.2, 0.25) is 0 Å². The minimum absolute atomic E-state index is 0.186. The van der Waals surface area contributed by atoms with Crippen molar-refractivity contribution in [2.45, 2.75) is 64.5 Å². The number of likely N-dealkylation sites (tertiary alicyclic amines) is 1. The fraction of sp³-hybridized carbons (Fsp3) is 0.600. The number of nitrogens with zero attached hydrogens (tertiary/aromatic N) is 2. The maximum atomic E-state index is 12.5. The summed E-state index contributed by atoms with van der Waals surface area (Å²) in [5.41, 5.74) is -0.451. The maximum absolute atomic E-state index is 12.5. The standard InChI is InChI=1S/C20H28N2O3S/c1-20(2,3)25-19(23)22-13-7-6-9-15(22)10-8-14-24-18-16-11-4-5-12-17(16)26-21-18/h4-5,11-12,15H,6-10,13-14H2,1-3H3/t15-/m1/s1. The molecule has 2 heterocycles. The van der Waals surface area contributed by atoms with Crippen LogP contribution < -0.4 is 4.74 Å². The zero-order valence-corrected chi connectivity index (χ0v) is 16.7. The largest absolute Gasteiger partial charge is 0.477 e. The zero-order valence-electron chi connectivity index (χ0n) is 15.9. The van der Waals surface area contributed by atoms with Crippen LogP contribution in [-0.4, -0.2) is 40.2 Å². The van der Waals surface area contributed by atoms with E-state index in [4.69, 9.17) is 9.47 Å². The summed E-state index contributed by atoms with van der Waals surface area (Å²) in [5.74, 6) is 0.721. The van der Waals surface area contributed by atoms with Crippen molar-refractivity contribution in [3.05, 3.63) is 24.3 Å². The molecule has 0 spiro atoms. The molecular weight excluding hydrogens is 348 g/mol. The van der Waals surface area contributed by atoms with E-state index in [1.54, 1.807) is 0 Å². The summed E-state index contributed by atoms with van der Waals surface area (Å²) in [7, 11) is 0. The molecule has 142 valence electrons. The Morgan fingerprint density at radius 2 is 2.12 bits per heavy atom. The molecule has 0 radical (unpaired) electrons. The van der Waals surface area contributed by atoms with E-state index in [1.807, 2.05) is 43.9 Å². The van der Waals surface area contributed by atoms with Crippen molar-refractivity contribution in [1.29, 1.82) is 0 Å². The van der Waals surface area contributed by atoms with Crippen LogP contribution in [0, 0.1) is 0 Å². The summed E-state index contributed by atoms with van der Waals surface area (Å²) in [6, 6.07) is 8.36. The van der Waals surface area contributed by atoms with E-state index in [9.17, 15) is 4.79 Å². The zero-order chi connectivity index (χ0) is 18.6. The molecule has 1 aliphatic heterocycles. The summed E-state index contributed by atoms with van der Waals surface area (Å²) in [6.45, 7) is 7.14. The van der Waals surface area contributed by atoms with E-state index >= 15 is 0 Å². The van der Waals surface area contributed by atoms with Crippen molar-refractivity contribution in [3.8, 4) is 5.88 Å². The second-order valence-electron chi connectivity index (χ2n) is 7.80. The number of piperidine rings is 1. The van der Waals surface area contributed by atoms with Crippen LogP contribution in [0.4, 0.5) is 4.79 Å². The fourth-order valence-corrected chi connectivity index (χ4v) is 4.04. The minimum Gasteiger partial charge on any atom is -0.477 e. The molecule has 1 amide bonds. The number of benzene rings is 1. The Kier molecular flexibility index (Phi) is 6.01. The lowest BCUT2D eigenvalue weighted by Gasteiger charge is -2.36. The van der Waals surface area contributed by atoms with Gasteiger partial charge in [0, 0.05) is 12.6 Å². The lowest BCUT2D eigenvalue weighted by atomic mass is 9.98. The Labute approximate surface area is 159 Å². The fourth-order valence-electron chi connectivity index (χ4n) is 3.32. The van der Waals surface area contributed by atoms with Crippen molar-refractivity contribution >= 4 is 27.7 Å². The van der Waals surface area contributed by atoms with Gasteiger partial charge in [0.15, 0.2) is 0 Å².